The van der Waals surface area contributed by atoms with Gasteiger partial charge in [0.05, 0.1) is 0 Å². The number of ether oxygens (including phenoxy) is 1. The van der Waals surface area contributed by atoms with Crippen molar-refractivity contribution >= 4 is 24.0 Å². The predicted molar refractivity (Wildman–Crippen MR) is 46.8 cm³/mol. The number of rotatable bonds is 2. The molecule has 0 saturated heterocycles. The lowest BCUT2D eigenvalue weighted by molar-refractivity contribution is -0.274. The predicted octanol–water partition coefficient (Wildman–Crippen LogP) is 3.29. The highest BCUT2D eigenvalue weighted by Gasteiger charge is 2.36. The summed E-state index contributed by atoms with van der Waals surface area (Å²) in [6, 6.07) is 1.76. The zero-order valence-electron chi connectivity index (χ0n) is 7.36. The molecule has 0 fully saturated rings. The number of benzene rings is 1. The second-order valence-corrected chi connectivity index (χ2v) is 3.24. The van der Waals surface area contributed by atoms with E-state index in [4.69, 9.17) is 11.6 Å². The van der Waals surface area contributed by atoms with Gasteiger partial charge in [-0.2, -0.15) is 0 Å². The van der Waals surface area contributed by atoms with Crippen molar-refractivity contribution < 1.29 is 30.9 Å². The van der Waals surface area contributed by atoms with E-state index in [-0.39, 0.29) is 5.02 Å². The number of hydrogen-bond donors (Lipinski definition) is 0. The normalized spacial score (nSPS) is 12.7. The van der Waals surface area contributed by atoms with Gasteiger partial charge >= 0.3 is 13.3 Å². The van der Waals surface area contributed by atoms with Crippen LogP contribution >= 0.6 is 11.6 Å². The lowest BCUT2D eigenvalue weighted by Gasteiger charge is -2.20. The maximum Gasteiger partial charge on any atom is 0.572 e. The monoisotopic (exact) mass is 263 g/mol. The van der Waals surface area contributed by atoms with E-state index in [1.165, 1.54) is 0 Å². The molecule has 0 unspecified atom stereocenters. The standard InChI is InChI=1S/C7H3BClF6O/c9-4-1-2-5(8(13,14)15)6(3-4)16-7(10,11)12/h1-3H/q-1. The third kappa shape index (κ3) is 3.51. The summed E-state index contributed by atoms with van der Waals surface area (Å²) in [6.45, 7) is -5.59. The molecule has 0 aliphatic heterocycles. The summed E-state index contributed by atoms with van der Waals surface area (Å²) in [5, 5.41) is -0.275. The molecule has 0 radical (unpaired) electrons. The fourth-order valence-electron chi connectivity index (χ4n) is 0.992. The molecular formula is C7H3BClF6O-. The van der Waals surface area contributed by atoms with Crippen molar-refractivity contribution in [1.29, 1.82) is 0 Å². The Morgan fingerprint density at radius 1 is 1.12 bits per heavy atom. The van der Waals surface area contributed by atoms with E-state index in [0.29, 0.717) is 12.1 Å². The summed E-state index contributed by atoms with van der Waals surface area (Å²) in [5.74, 6) is -1.34. The first-order valence-electron chi connectivity index (χ1n) is 3.85. The Labute approximate surface area is 91.0 Å². The van der Waals surface area contributed by atoms with Gasteiger partial charge in [-0.15, -0.1) is 13.2 Å². The summed E-state index contributed by atoms with van der Waals surface area (Å²) in [5.41, 5.74) is -1.47. The quantitative estimate of drug-likeness (QED) is 0.587. The Balaban J connectivity index is 3.19. The highest BCUT2D eigenvalue weighted by Crippen LogP contribution is 2.27. The van der Waals surface area contributed by atoms with Crippen LogP contribution in [0.25, 0.3) is 0 Å². The highest BCUT2D eigenvalue weighted by atomic mass is 35.5. The van der Waals surface area contributed by atoms with E-state index in [2.05, 4.69) is 4.74 Å². The summed E-state index contributed by atoms with van der Waals surface area (Å²) in [4.78, 5) is 0. The van der Waals surface area contributed by atoms with E-state index >= 15 is 0 Å². The SMILES string of the molecule is F[B-](F)(F)c1ccc(Cl)cc1OC(F)(F)F. The Bertz CT molecular complexity index is 387. The van der Waals surface area contributed by atoms with Crippen LogP contribution < -0.4 is 10.2 Å². The third-order valence-electron chi connectivity index (χ3n) is 1.55. The molecule has 0 bridgehead atoms. The van der Waals surface area contributed by atoms with Gasteiger partial charge in [-0.05, 0) is 12.1 Å². The van der Waals surface area contributed by atoms with Crippen LogP contribution in [0.3, 0.4) is 0 Å². The molecule has 90 valence electrons. The zero-order chi connectivity index (χ0) is 12.6. The van der Waals surface area contributed by atoms with Crippen LogP contribution in [0.5, 0.6) is 5.75 Å². The second-order valence-electron chi connectivity index (χ2n) is 2.80. The van der Waals surface area contributed by atoms with Gasteiger partial charge in [0.25, 0.3) is 0 Å². The Hall–Kier alpha value is -1.05. The molecule has 0 atom stereocenters. The maximum absolute atomic E-state index is 12.3. The molecule has 0 heterocycles. The first-order valence-corrected chi connectivity index (χ1v) is 4.22. The van der Waals surface area contributed by atoms with Crippen molar-refractivity contribution in [3.8, 4) is 5.75 Å². The molecule has 0 saturated carbocycles. The largest absolute Gasteiger partial charge is 0.572 e. The van der Waals surface area contributed by atoms with Gasteiger partial charge in [0.15, 0.2) is 0 Å². The van der Waals surface area contributed by atoms with Crippen molar-refractivity contribution in [2.75, 3.05) is 0 Å². The molecule has 9 heteroatoms. The molecule has 1 aromatic rings. The fourth-order valence-corrected chi connectivity index (χ4v) is 1.15. The van der Waals surface area contributed by atoms with Crippen LogP contribution in [-0.2, 0) is 0 Å². The van der Waals surface area contributed by atoms with Crippen molar-refractivity contribution in [1.82, 2.24) is 0 Å². The van der Waals surface area contributed by atoms with Gasteiger partial charge in [-0.1, -0.05) is 23.1 Å². The zero-order valence-corrected chi connectivity index (χ0v) is 8.12. The summed E-state index contributed by atoms with van der Waals surface area (Å²) >= 11 is 5.29. The van der Waals surface area contributed by atoms with Gasteiger partial charge in [-0.25, -0.2) is 0 Å². The van der Waals surface area contributed by atoms with Gasteiger partial charge in [-0.3, -0.25) is 0 Å². The van der Waals surface area contributed by atoms with Crippen LogP contribution in [0.4, 0.5) is 26.1 Å². The summed E-state index contributed by atoms with van der Waals surface area (Å²) < 4.78 is 75.7. The van der Waals surface area contributed by atoms with Crippen molar-refractivity contribution in [2.45, 2.75) is 6.36 Å². The molecule has 0 aromatic heterocycles. The molecule has 0 N–H and O–H groups in total. The number of alkyl halides is 3. The van der Waals surface area contributed by atoms with Gasteiger partial charge < -0.3 is 17.7 Å². The van der Waals surface area contributed by atoms with Crippen molar-refractivity contribution in [3.63, 3.8) is 0 Å². The third-order valence-corrected chi connectivity index (χ3v) is 1.79. The minimum Gasteiger partial charge on any atom is -0.445 e. The lowest BCUT2D eigenvalue weighted by Crippen LogP contribution is -2.37. The van der Waals surface area contributed by atoms with Crippen LogP contribution in [-0.4, -0.2) is 13.3 Å². The van der Waals surface area contributed by atoms with E-state index in [1.807, 2.05) is 0 Å². The number of hydrogen-bond acceptors (Lipinski definition) is 1. The minimum atomic E-state index is -5.59. The maximum atomic E-state index is 12.3. The molecule has 0 spiro atoms. The Morgan fingerprint density at radius 3 is 2.12 bits per heavy atom. The molecule has 16 heavy (non-hydrogen) atoms. The van der Waals surface area contributed by atoms with Gasteiger partial charge in [0.2, 0.25) is 0 Å². The van der Waals surface area contributed by atoms with E-state index in [9.17, 15) is 26.1 Å². The average molecular weight is 263 g/mol. The molecule has 1 rings (SSSR count). The van der Waals surface area contributed by atoms with Gasteiger partial charge in [0, 0.05) is 5.02 Å². The lowest BCUT2D eigenvalue weighted by atomic mass is 9.79. The van der Waals surface area contributed by atoms with Crippen molar-refractivity contribution in [2.24, 2.45) is 0 Å². The van der Waals surface area contributed by atoms with Crippen LogP contribution in [0.2, 0.25) is 5.02 Å². The Morgan fingerprint density at radius 2 is 1.69 bits per heavy atom. The average Bonchev–Trinajstić information content (AvgIpc) is 1.97. The molecule has 0 amide bonds. The fraction of sp³-hybridized carbons (Fsp3) is 0.143. The Kier molecular flexibility index (Phi) is 3.32. The molecule has 0 aliphatic rings. The molecular weight excluding hydrogens is 260 g/mol. The summed E-state index contributed by atoms with van der Waals surface area (Å²) in [6.07, 6.45) is -5.19. The molecule has 0 aliphatic carbocycles. The van der Waals surface area contributed by atoms with Crippen molar-refractivity contribution in [3.05, 3.63) is 23.2 Å². The second kappa shape index (κ2) is 4.08. The summed E-state index contributed by atoms with van der Waals surface area (Å²) in [7, 11) is 0. The highest BCUT2D eigenvalue weighted by molar-refractivity contribution is 6.74. The topological polar surface area (TPSA) is 9.23 Å². The van der Waals surface area contributed by atoms with Crippen LogP contribution in [0.1, 0.15) is 0 Å². The van der Waals surface area contributed by atoms with E-state index in [1.54, 1.807) is 0 Å². The van der Waals surface area contributed by atoms with Crippen LogP contribution in [0, 0.1) is 0 Å². The van der Waals surface area contributed by atoms with Gasteiger partial charge in [0.1, 0.15) is 5.75 Å². The van der Waals surface area contributed by atoms with Crippen LogP contribution in [0.15, 0.2) is 18.2 Å². The smallest absolute Gasteiger partial charge is 0.445 e. The molecule has 1 aromatic carbocycles. The minimum absolute atomic E-state index is 0.275. The molecule has 1 nitrogen and oxygen atoms in total. The first kappa shape index (κ1) is 13.0. The first-order chi connectivity index (χ1) is 7.09. The number of halogens is 7. The van der Waals surface area contributed by atoms with E-state index in [0.717, 1.165) is 6.07 Å². The van der Waals surface area contributed by atoms with E-state index < -0.39 is 24.6 Å².